The van der Waals surface area contributed by atoms with Crippen LogP contribution in [0.3, 0.4) is 0 Å². The number of pyridine rings is 1. The van der Waals surface area contributed by atoms with Crippen molar-refractivity contribution in [3.05, 3.63) is 30.1 Å². The molecule has 1 saturated heterocycles. The molecule has 4 heteroatoms. The molecule has 0 atom stereocenters. The lowest BCUT2D eigenvalue weighted by Crippen LogP contribution is -2.41. The molecule has 0 radical (unpaired) electrons. The van der Waals surface area contributed by atoms with Crippen molar-refractivity contribution in [1.82, 2.24) is 4.98 Å². The van der Waals surface area contributed by atoms with E-state index in [1.807, 2.05) is 12.1 Å². The van der Waals surface area contributed by atoms with E-state index in [0.717, 1.165) is 6.32 Å². The summed E-state index contributed by atoms with van der Waals surface area (Å²) in [7, 11) is -0.160. The fraction of sp³-hybridized carbons (Fsp3) is 0.583. The molecule has 1 aliphatic heterocycles. The molecule has 0 bridgehead atoms. The van der Waals surface area contributed by atoms with E-state index in [1.165, 1.54) is 5.56 Å². The SMILES string of the molecule is CC1(C)OB(Cc2ccncc2)OC1(C)C. The second kappa shape index (κ2) is 3.86. The van der Waals surface area contributed by atoms with Gasteiger partial charge >= 0.3 is 7.12 Å². The van der Waals surface area contributed by atoms with Crippen LogP contribution in [0.4, 0.5) is 0 Å². The minimum absolute atomic E-state index is 0.160. The van der Waals surface area contributed by atoms with Crippen LogP contribution in [0.15, 0.2) is 24.5 Å². The maximum absolute atomic E-state index is 5.93. The summed E-state index contributed by atoms with van der Waals surface area (Å²) in [4.78, 5) is 4.00. The molecular formula is C12H18BNO2. The zero-order chi connectivity index (χ0) is 11.8. The van der Waals surface area contributed by atoms with Gasteiger partial charge in [-0.15, -0.1) is 0 Å². The molecule has 86 valence electrons. The van der Waals surface area contributed by atoms with Crippen LogP contribution in [-0.4, -0.2) is 23.3 Å². The summed E-state index contributed by atoms with van der Waals surface area (Å²) in [6, 6.07) is 3.98. The van der Waals surface area contributed by atoms with Gasteiger partial charge in [-0.3, -0.25) is 4.98 Å². The summed E-state index contributed by atoms with van der Waals surface area (Å²) < 4.78 is 11.9. The van der Waals surface area contributed by atoms with Gasteiger partial charge in [0.15, 0.2) is 0 Å². The molecular weight excluding hydrogens is 201 g/mol. The van der Waals surface area contributed by atoms with Crippen molar-refractivity contribution in [2.45, 2.75) is 45.2 Å². The van der Waals surface area contributed by atoms with Crippen LogP contribution >= 0.6 is 0 Å². The Kier molecular flexibility index (Phi) is 2.80. The summed E-state index contributed by atoms with van der Waals surface area (Å²) in [6.07, 6.45) is 4.36. The number of hydrogen-bond donors (Lipinski definition) is 0. The quantitative estimate of drug-likeness (QED) is 0.715. The predicted octanol–water partition coefficient (Wildman–Crippen LogP) is 2.26. The third-order valence-electron chi connectivity index (χ3n) is 3.45. The molecule has 0 spiro atoms. The third kappa shape index (κ3) is 2.13. The highest BCUT2D eigenvalue weighted by molar-refractivity contribution is 6.45. The van der Waals surface area contributed by atoms with Gasteiger partial charge < -0.3 is 9.31 Å². The maximum atomic E-state index is 5.93. The molecule has 0 N–H and O–H groups in total. The molecule has 2 rings (SSSR count). The fourth-order valence-corrected chi connectivity index (χ4v) is 1.76. The molecule has 1 aromatic rings. The zero-order valence-electron chi connectivity index (χ0n) is 10.4. The van der Waals surface area contributed by atoms with Gasteiger partial charge in [0.25, 0.3) is 0 Å². The molecule has 16 heavy (non-hydrogen) atoms. The molecule has 0 aliphatic carbocycles. The molecule has 1 fully saturated rings. The van der Waals surface area contributed by atoms with Crippen molar-refractivity contribution in [2.24, 2.45) is 0 Å². The number of aromatic nitrogens is 1. The standard InChI is InChI=1S/C12H18BNO2/c1-11(2)12(3,4)16-13(15-11)9-10-5-7-14-8-6-10/h5-8H,9H2,1-4H3. The van der Waals surface area contributed by atoms with E-state index in [4.69, 9.17) is 9.31 Å². The number of nitrogens with zero attached hydrogens (tertiary/aromatic N) is 1. The van der Waals surface area contributed by atoms with Gasteiger partial charge in [0.05, 0.1) is 11.2 Å². The first-order chi connectivity index (χ1) is 7.41. The molecule has 3 nitrogen and oxygen atoms in total. The Labute approximate surface area is 97.3 Å². The van der Waals surface area contributed by atoms with Crippen LogP contribution in [0.5, 0.6) is 0 Å². The first-order valence-corrected chi connectivity index (χ1v) is 5.65. The third-order valence-corrected chi connectivity index (χ3v) is 3.45. The van der Waals surface area contributed by atoms with E-state index in [2.05, 4.69) is 32.7 Å². The van der Waals surface area contributed by atoms with Gasteiger partial charge in [-0.2, -0.15) is 0 Å². The first kappa shape index (κ1) is 11.6. The molecule has 0 saturated carbocycles. The lowest BCUT2D eigenvalue weighted by Gasteiger charge is -2.32. The van der Waals surface area contributed by atoms with E-state index in [9.17, 15) is 0 Å². The molecule has 0 unspecified atom stereocenters. The summed E-state index contributed by atoms with van der Waals surface area (Å²) in [5, 5.41) is 0. The van der Waals surface area contributed by atoms with Gasteiger partial charge in [0.1, 0.15) is 0 Å². The Morgan fingerprint density at radius 3 is 2.06 bits per heavy atom. The van der Waals surface area contributed by atoms with Crippen LogP contribution in [0.25, 0.3) is 0 Å². The van der Waals surface area contributed by atoms with Crippen molar-refractivity contribution in [3.8, 4) is 0 Å². The second-order valence-electron chi connectivity index (χ2n) is 5.25. The molecule has 0 amide bonds. The highest BCUT2D eigenvalue weighted by Gasteiger charge is 2.50. The number of rotatable bonds is 2. The van der Waals surface area contributed by atoms with Gasteiger partial charge in [-0.25, -0.2) is 0 Å². The smallest absolute Gasteiger partial charge is 0.403 e. The zero-order valence-corrected chi connectivity index (χ0v) is 10.4. The van der Waals surface area contributed by atoms with Crippen molar-refractivity contribution in [1.29, 1.82) is 0 Å². The van der Waals surface area contributed by atoms with Crippen molar-refractivity contribution in [2.75, 3.05) is 0 Å². The van der Waals surface area contributed by atoms with Gasteiger partial charge in [0, 0.05) is 18.7 Å². The van der Waals surface area contributed by atoms with E-state index in [0.29, 0.717) is 0 Å². The van der Waals surface area contributed by atoms with Gasteiger partial charge in [-0.1, -0.05) is 0 Å². The Bertz CT molecular complexity index is 349. The van der Waals surface area contributed by atoms with Crippen molar-refractivity contribution >= 4 is 7.12 Å². The highest BCUT2D eigenvalue weighted by atomic mass is 16.7. The lowest BCUT2D eigenvalue weighted by molar-refractivity contribution is 0.00578. The predicted molar refractivity (Wildman–Crippen MR) is 64.0 cm³/mol. The van der Waals surface area contributed by atoms with E-state index in [1.54, 1.807) is 12.4 Å². The van der Waals surface area contributed by atoms with Gasteiger partial charge in [0.2, 0.25) is 0 Å². The summed E-state index contributed by atoms with van der Waals surface area (Å²) in [5.41, 5.74) is 0.698. The number of hydrogen-bond acceptors (Lipinski definition) is 3. The van der Waals surface area contributed by atoms with Crippen LogP contribution < -0.4 is 0 Å². The Balaban J connectivity index is 2.05. The maximum Gasteiger partial charge on any atom is 0.462 e. The van der Waals surface area contributed by atoms with E-state index in [-0.39, 0.29) is 18.3 Å². The fourth-order valence-electron chi connectivity index (χ4n) is 1.76. The van der Waals surface area contributed by atoms with Crippen LogP contribution in [0, 0.1) is 0 Å². The molecule has 1 aromatic heterocycles. The monoisotopic (exact) mass is 219 g/mol. The largest absolute Gasteiger partial charge is 0.462 e. The minimum atomic E-state index is -0.245. The average molecular weight is 219 g/mol. The van der Waals surface area contributed by atoms with Crippen LogP contribution in [0.2, 0.25) is 0 Å². The summed E-state index contributed by atoms with van der Waals surface area (Å²) in [5.74, 6) is 0. The Morgan fingerprint density at radius 1 is 1.06 bits per heavy atom. The topological polar surface area (TPSA) is 31.4 Å². The Hall–Kier alpha value is -0.865. The van der Waals surface area contributed by atoms with Crippen LogP contribution in [-0.2, 0) is 15.6 Å². The van der Waals surface area contributed by atoms with E-state index >= 15 is 0 Å². The molecule has 0 aromatic carbocycles. The molecule has 1 aliphatic rings. The minimum Gasteiger partial charge on any atom is -0.403 e. The average Bonchev–Trinajstić information content (AvgIpc) is 2.36. The van der Waals surface area contributed by atoms with Crippen molar-refractivity contribution in [3.63, 3.8) is 0 Å². The summed E-state index contributed by atoms with van der Waals surface area (Å²) in [6.45, 7) is 8.28. The van der Waals surface area contributed by atoms with Crippen molar-refractivity contribution < 1.29 is 9.31 Å². The summed E-state index contributed by atoms with van der Waals surface area (Å²) >= 11 is 0. The lowest BCUT2D eigenvalue weighted by atomic mass is 9.81. The molecule has 2 heterocycles. The van der Waals surface area contributed by atoms with E-state index < -0.39 is 0 Å². The second-order valence-corrected chi connectivity index (χ2v) is 5.25. The normalized spacial score (nSPS) is 22.4. The van der Waals surface area contributed by atoms with Gasteiger partial charge in [-0.05, 0) is 45.4 Å². The van der Waals surface area contributed by atoms with Crippen LogP contribution in [0.1, 0.15) is 33.3 Å². The Morgan fingerprint density at radius 2 is 1.56 bits per heavy atom. The highest BCUT2D eigenvalue weighted by Crippen LogP contribution is 2.37. The first-order valence-electron chi connectivity index (χ1n) is 5.65.